The van der Waals surface area contributed by atoms with Gasteiger partial charge in [-0.05, 0) is 54.1 Å². The summed E-state index contributed by atoms with van der Waals surface area (Å²) < 4.78 is 20.7. The molecular formula is C25H21FN4O3. The number of aromatic nitrogens is 2. The molecule has 2 N–H and O–H groups in total. The third-order valence-electron chi connectivity index (χ3n) is 4.69. The number of hydrogen-bond acceptors (Lipinski definition) is 4. The number of halogens is 1. The lowest BCUT2D eigenvalue weighted by Gasteiger charge is -2.08. The molecule has 2 amide bonds. The van der Waals surface area contributed by atoms with Gasteiger partial charge in [-0.15, -0.1) is 0 Å². The Kier molecular flexibility index (Phi) is 6.45. The minimum atomic E-state index is -0.466. The fourth-order valence-electron chi connectivity index (χ4n) is 3.11. The highest BCUT2D eigenvalue weighted by Gasteiger charge is 2.20. The van der Waals surface area contributed by atoms with Crippen LogP contribution in [0.1, 0.15) is 23.0 Å². The Morgan fingerprint density at radius 1 is 0.909 bits per heavy atom. The van der Waals surface area contributed by atoms with Gasteiger partial charge in [-0.25, -0.2) is 9.07 Å². The molecule has 4 rings (SSSR count). The number of carbonyl (C=O) groups is 2. The molecule has 4 aromatic rings. The summed E-state index contributed by atoms with van der Waals surface area (Å²) in [5.41, 5.74) is 2.75. The molecule has 3 aromatic carbocycles. The third kappa shape index (κ3) is 5.62. The minimum absolute atomic E-state index is 0.0844. The van der Waals surface area contributed by atoms with Crippen molar-refractivity contribution in [2.75, 3.05) is 10.6 Å². The Morgan fingerprint density at radius 2 is 1.55 bits per heavy atom. The largest absolute Gasteiger partial charge is 0.485 e. The third-order valence-corrected chi connectivity index (χ3v) is 4.69. The summed E-state index contributed by atoms with van der Waals surface area (Å²) in [5, 5.41) is 9.83. The first-order valence-electron chi connectivity index (χ1n) is 10.2. The molecule has 0 spiro atoms. The molecule has 0 aliphatic rings. The van der Waals surface area contributed by atoms with Gasteiger partial charge >= 0.3 is 0 Å². The summed E-state index contributed by atoms with van der Waals surface area (Å²) in [7, 11) is 0. The Hall–Kier alpha value is -4.46. The fraction of sp³-hybridized carbons (Fsp3) is 0.0800. The van der Waals surface area contributed by atoms with Crippen molar-refractivity contribution in [1.82, 2.24) is 9.78 Å². The van der Waals surface area contributed by atoms with Gasteiger partial charge in [-0.1, -0.05) is 30.3 Å². The first-order chi connectivity index (χ1) is 16.0. The van der Waals surface area contributed by atoms with E-state index in [-0.39, 0.29) is 29.8 Å². The second kappa shape index (κ2) is 9.78. The first-order valence-corrected chi connectivity index (χ1v) is 10.2. The van der Waals surface area contributed by atoms with Gasteiger partial charge in [0, 0.05) is 18.3 Å². The highest BCUT2D eigenvalue weighted by atomic mass is 19.1. The summed E-state index contributed by atoms with van der Waals surface area (Å²) in [6.45, 7) is 1.67. The Balaban J connectivity index is 1.58. The average molecular weight is 444 g/mol. The van der Waals surface area contributed by atoms with E-state index < -0.39 is 5.91 Å². The SMILES string of the molecule is CC(=O)Nc1ccc(NC(=O)c2nn(-c3ccc(F)cc3)cc2OCc2ccccc2)cc1. The van der Waals surface area contributed by atoms with Crippen LogP contribution in [-0.2, 0) is 11.4 Å². The molecule has 0 fully saturated rings. The molecule has 7 nitrogen and oxygen atoms in total. The molecule has 0 radical (unpaired) electrons. The summed E-state index contributed by atoms with van der Waals surface area (Å²) >= 11 is 0. The molecular weight excluding hydrogens is 423 g/mol. The number of anilines is 2. The lowest BCUT2D eigenvalue weighted by atomic mass is 10.2. The molecule has 0 saturated heterocycles. The van der Waals surface area contributed by atoms with Crippen LogP contribution >= 0.6 is 0 Å². The van der Waals surface area contributed by atoms with E-state index in [9.17, 15) is 14.0 Å². The number of nitrogens with one attached hydrogen (secondary N) is 2. The number of ether oxygens (including phenoxy) is 1. The Bertz CT molecular complexity index is 1250. The smallest absolute Gasteiger partial charge is 0.280 e. The molecule has 1 aromatic heterocycles. The predicted molar refractivity (Wildman–Crippen MR) is 123 cm³/mol. The van der Waals surface area contributed by atoms with Crippen LogP contribution in [-0.4, -0.2) is 21.6 Å². The number of benzene rings is 3. The van der Waals surface area contributed by atoms with Crippen molar-refractivity contribution in [2.45, 2.75) is 13.5 Å². The van der Waals surface area contributed by atoms with Crippen molar-refractivity contribution in [3.05, 3.63) is 102 Å². The van der Waals surface area contributed by atoms with Crippen molar-refractivity contribution in [1.29, 1.82) is 0 Å². The molecule has 0 atom stereocenters. The number of nitrogens with zero attached hydrogens (tertiary/aromatic N) is 2. The van der Waals surface area contributed by atoms with Crippen LogP contribution in [0.25, 0.3) is 5.69 Å². The molecule has 0 aliphatic heterocycles. The summed E-state index contributed by atoms with van der Waals surface area (Å²) in [6, 6.07) is 22.0. The maximum atomic E-state index is 13.3. The van der Waals surface area contributed by atoms with E-state index in [1.807, 2.05) is 30.3 Å². The maximum absolute atomic E-state index is 13.3. The standard InChI is InChI=1S/C25H21FN4O3/c1-17(31)27-20-9-11-21(12-10-20)28-25(32)24-23(33-16-18-5-3-2-4-6-18)15-30(29-24)22-13-7-19(26)8-14-22/h2-15H,16H2,1H3,(H,27,31)(H,28,32). The highest BCUT2D eigenvalue weighted by Crippen LogP contribution is 2.23. The van der Waals surface area contributed by atoms with E-state index >= 15 is 0 Å². The van der Waals surface area contributed by atoms with Crippen LogP contribution < -0.4 is 15.4 Å². The highest BCUT2D eigenvalue weighted by molar-refractivity contribution is 6.04. The molecule has 1 heterocycles. The van der Waals surface area contributed by atoms with Crippen LogP contribution in [0.2, 0.25) is 0 Å². The van der Waals surface area contributed by atoms with Crippen LogP contribution in [0.15, 0.2) is 85.1 Å². The topological polar surface area (TPSA) is 85.3 Å². The lowest BCUT2D eigenvalue weighted by molar-refractivity contribution is -0.114. The summed E-state index contributed by atoms with van der Waals surface area (Å²) in [4.78, 5) is 24.2. The van der Waals surface area contributed by atoms with Crippen LogP contribution in [0.5, 0.6) is 5.75 Å². The second-order valence-corrected chi connectivity index (χ2v) is 7.25. The average Bonchev–Trinajstić information content (AvgIpc) is 3.24. The van der Waals surface area contributed by atoms with E-state index in [4.69, 9.17) is 4.74 Å². The van der Waals surface area contributed by atoms with E-state index in [0.29, 0.717) is 17.1 Å². The van der Waals surface area contributed by atoms with E-state index in [1.165, 1.54) is 23.7 Å². The van der Waals surface area contributed by atoms with Gasteiger partial charge in [-0.2, -0.15) is 5.10 Å². The number of rotatable bonds is 7. The van der Waals surface area contributed by atoms with Crippen molar-refractivity contribution >= 4 is 23.2 Å². The lowest BCUT2D eigenvalue weighted by Crippen LogP contribution is -2.14. The maximum Gasteiger partial charge on any atom is 0.280 e. The molecule has 0 bridgehead atoms. The normalized spacial score (nSPS) is 10.5. The summed E-state index contributed by atoms with van der Waals surface area (Å²) in [5.74, 6) is -0.729. The van der Waals surface area contributed by atoms with Gasteiger partial charge in [0.15, 0.2) is 11.4 Å². The first kappa shape index (κ1) is 21.8. The van der Waals surface area contributed by atoms with Crippen molar-refractivity contribution in [3.8, 4) is 11.4 Å². The fourth-order valence-corrected chi connectivity index (χ4v) is 3.11. The molecule has 0 saturated carbocycles. The molecule has 33 heavy (non-hydrogen) atoms. The van der Waals surface area contributed by atoms with Crippen LogP contribution in [0.3, 0.4) is 0 Å². The zero-order valence-electron chi connectivity index (χ0n) is 17.8. The van der Waals surface area contributed by atoms with Gasteiger partial charge in [0.05, 0.1) is 11.9 Å². The van der Waals surface area contributed by atoms with Crippen molar-refractivity contribution in [2.24, 2.45) is 0 Å². The van der Waals surface area contributed by atoms with E-state index in [0.717, 1.165) is 5.56 Å². The monoisotopic (exact) mass is 444 g/mol. The van der Waals surface area contributed by atoms with Crippen molar-refractivity contribution in [3.63, 3.8) is 0 Å². The van der Waals surface area contributed by atoms with Gasteiger partial charge in [0.25, 0.3) is 5.91 Å². The van der Waals surface area contributed by atoms with Crippen molar-refractivity contribution < 1.29 is 18.7 Å². The Morgan fingerprint density at radius 3 is 2.18 bits per heavy atom. The van der Waals surface area contributed by atoms with Gasteiger partial charge < -0.3 is 15.4 Å². The minimum Gasteiger partial charge on any atom is -0.485 e. The number of carbonyl (C=O) groups excluding carboxylic acids is 2. The van der Waals surface area contributed by atoms with E-state index in [1.54, 1.807) is 42.6 Å². The van der Waals surface area contributed by atoms with Gasteiger partial charge in [0.1, 0.15) is 12.4 Å². The molecule has 0 aliphatic carbocycles. The second-order valence-electron chi connectivity index (χ2n) is 7.25. The van der Waals surface area contributed by atoms with Crippen LogP contribution in [0, 0.1) is 5.82 Å². The van der Waals surface area contributed by atoms with E-state index in [2.05, 4.69) is 15.7 Å². The van der Waals surface area contributed by atoms with Gasteiger partial charge in [0.2, 0.25) is 5.91 Å². The number of hydrogen-bond donors (Lipinski definition) is 2. The van der Waals surface area contributed by atoms with Gasteiger partial charge in [-0.3, -0.25) is 9.59 Å². The predicted octanol–water partition coefficient (Wildman–Crippen LogP) is 4.80. The zero-order valence-corrected chi connectivity index (χ0v) is 17.8. The zero-order chi connectivity index (χ0) is 23.2. The van der Waals surface area contributed by atoms with Crippen LogP contribution in [0.4, 0.5) is 15.8 Å². The molecule has 166 valence electrons. The quantitative estimate of drug-likeness (QED) is 0.429. The summed E-state index contributed by atoms with van der Waals surface area (Å²) in [6.07, 6.45) is 1.59. The number of amides is 2. The molecule has 0 unspecified atom stereocenters. The Labute approximate surface area is 189 Å². The molecule has 8 heteroatoms.